The Labute approximate surface area is 826 Å². The van der Waals surface area contributed by atoms with Crippen LogP contribution in [-0.2, 0) is 10.8 Å². The molecule has 4 nitrogen and oxygen atoms in total. The van der Waals surface area contributed by atoms with Gasteiger partial charge >= 0.3 is 0 Å². The third-order valence-corrected chi connectivity index (χ3v) is 29.3. The summed E-state index contributed by atoms with van der Waals surface area (Å²) < 4.78 is 12.7. The van der Waals surface area contributed by atoms with Crippen LogP contribution in [0.4, 0.5) is 34.1 Å². The first kappa shape index (κ1) is 84.1. The van der Waals surface area contributed by atoms with Crippen molar-refractivity contribution >= 4 is 88.8 Å². The van der Waals surface area contributed by atoms with Gasteiger partial charge in [0.1, 0.15) is 22.3 Å². The van der Waals surface area contributed by atoms with Crippen molar-refractivity contribution in [2.75, 3.05) is 9.80 Å². The predicted molar refractivity (Wildman–Crippen MR) is 592 cm³/mol. The van der Waals surface area contributed by atoms with Gasteiger partial charge in [-0.25, -0.2) is 0 Å². The van der Waals surface area contributed by atoms with Gasteiger partial charge in [-0.15, -0.1) is 0 Å². The Morgan fingerprint density at radius 1 is 0.141 bits per heavy atom. The molecule has 666 valence electrons. The van der Waals surface area contributed by atoms with Gasteiger partial charge in [0.05, 0.1) is 10.8 Å². The summed E-state index contributed by atoms with van der Waals surface area (Å²) in [5, 5.41) is 7.02. The molecule has 0 bridgehead atoms. The zero-order chi connectivity index (χ0) is 94.0. The van der Waals surface area contributed by atoms with Gasteiger partial charge in [-0.1, -0.05) is 443 Å². The summed E-state index contributed by atoms with van der Waals surface area (Å²) in [5.41, 5.74) is 43.1. The molecule has 0 N–H and O–H groups in total. The molecule has 0 aliphatic heterocycles. The highest BCUT2D eigenvalue weighted by atomic mass is 16.3. The largest absolute Gasteiger partial charge is 0.456 e. The Morgan fingerprint density at radius 3 is 0.845 bits per heavy atom. The summed E-state index contributed by atoms with van der Waals surface area (Å²) in [5.74, 6) is 0. The van der Waals surface area contributed by atoms with Gasteiger partial charge in [0.25, 0.3) is 0 Å². The van der Waals surface area contributed by atoms with Crippen LogP contribution in [0.5, 0.6) is 0 Å². The number of furan rings is 2. The van der Waals surface area contributed by atoms with E-state index < -0.39 is 10.8 Å². The van der Waals surface area contributed by atoms with E-state index in [1.165, 1.54) is 133 Å². The minimum Gasteiger partial charge on any atom is -0.456 e. The van der Waals surface area contributed by atoms with Crippen molar-refractivity contribution in [3.05, 3.63) is 603 Å². The quantitative estimate of drug-likeness (QED) is 0.0857. The predicted octanol–water partition coefficient (Wildman–Crippen LogP) is 37.3. The third kappa shape index (κ3) is 14.6. The number of benzene rings is 23. The smallest absolute Gasteiger partial charge is 0.136 e. The van der Waals surface area contributed by atoms with Gasteiger partial charge < -0.3 is 18.6 Å². The second kappa shape index (κ2) is 35.6. The second-order valence-electron chi connectivity index (χ2n) is 37.2. The highest BCUT2D eigenvalue weighted by Gasteiger charge is 2.49. The molecule has 25 aromatic rings. The van der Waals surface area contributed by atoms with E-state index in [4.69, 9.17) is 8.83 Å². The van der Waals surface area contributed by atoms with E-state index in [1.54, 1.807) is 0 Å². The first-order valence-electron chi connectivity index (χ1n) is 48.9. The van der Waals surface area contributed by atoms with Crippen LogP contribution < -0.4 is 9.80 Å². The zero-order valence-electron chi connectivity index (χ0n) is 77.8. The lowest BCUT2D eigenvalue weighted by Crippen LogP contribution is -2.28. The molecular weight excluding hydrogens is 1720 g/mol. The topological polar surface area (TPSA) is 32.8 Å². The van der Waals surface area contributed by atoms with Crippen molar-refractivity contribution in [2.24, 2.45) is 0 Å². The van der Waals surface area contributed by atoms with Crippen molar-refractivity contribution < 1.29 is 8.83 Å². The van der Waals surface area contributed by atoms with Gasteiger partial charge in [-0.3, -0.25) is 0 Å². The van der Waals surface area contributed by atoms with E-state index >= 15 is 0 Å². The molecule has 0 fully saturated rings. The average molecular weight is 1810 g/mol. The lowest BCUT2D eigenvalue weighted by atomic mass is 9.67. The van der Waals surface area contributed by atoms with Gasteiger partial charge in [-0.05, 0) is 282 Å². The van der Waals surface area contributed by atoms with Crippen molar-refractivity contribution in [1.82, 2.24) is 0 Å². The van der Waals surface area contributed by atoms with Crippen LogP contribution in [0.15, 0.2) is 567 Å². The fourth-order valence-electron chi connectivity index (χ4n) is 22.7. The van der Waals surface area contributed by atoms with Crippen molar-refractivity contribution in [3.8, 4) is 111 Å². The van der Waals surface area contributed by atoms with Crippen LogP contribution in [0, 0.1) is 0 Å². The van der Waals surface area contributed by atoms with Crippen molar-refractivity contribution in [3.63, 3.8) is 0 Å². The van der Waals surface area contributed by atoms with Gasteiger partial charge in [0.15, 0.2) is 0 Å². The molecule has 27 rings (SSSR count). The molecule has 2 heterocycles. The minimum atomic E-state index is -0.483. The second-order valence-corrected chi connectivity index (χ2v) is 37.2. The average Bonchev–Trinajstić information content (AvgIpc) is 1.53. The standard InChI is InChI=1S/C71H47NO.C67H45NO/c1-3-18-57(19-4-1)71(58-20-5-2-6-21-58)66-26-11-9-24-65(66)70-62(25-14-27-67(70)71)52-37-42-60(43-38-52)72(61-22-13-17-54(46-61)56-39-44-64-63-23-10-12-28-68(63)73-69(64)47-56)59-40-35-50(36-41-59)49-29-31-51(32-30-49)55-34-33-48-15-7-8-16-53(48)45-55;1-4-17-46(18-5-1)47-33-35-48(36-34-47)49-37-40-55(41-38-49)68(56-25-14-19-50(43-56)51-39-42-60-59-27-11-13-32-64(59)69-65(60)45-51)57-26-15-20-52(44-57)58-29-16-31-63-66(58)61-28-10-12-30-62(61)67(63,53-21-6-2-7-22-53)54-23-8-3-9-24-54/h1-47H;1-45H. The molecule has 4 heteroatoms. The molecule has 0 saturated heterocycles. The summed E-state index contributed by atoms with van der Waals surface area (Å²) >= 11 is 0. The molecule has 2 aliphatic rings. The van der Waals surface area contributed by atoms with E-state index in [9.17, 15) is 0 Å². The third-order valence-electron chi connectivity index (χ3n) is 29.3. The number of para-hydroxylation sites is 2. The number of hydrogen-bond donors (Lipinski definition) is 0. The maximum atomic E-state index is 6.37. The van der Waals surface area contributed by atoms with Crippen LogP contribution in [-0.4, -0.2) is 0 Å². The normalized spacial score (nSPS) is 12.5. The molecule has 0 unspecified atom stereocenters. The molecular formula is C138H92N2O2. The Hall–Kier alpha value is -18.5. The van der Waals surface area contributed by atoms with Crippen LogP contribution in [0.2, 0.25) is 0 Å². The van der Waals surface area contributed by atoms with E-state index in [0.717, 1.165) is 111 Å². The first-order chi connectivity index (χ1) is 70.4. The van der Waals surface area contributed by atoms with Crippen molar-refractivity contribution in [2.45, 2.75) is 10.8 Å². The Kier molecular flexibility index (Phi) is 21.1. The fraction of sp³-hybridized carbons (Fsp3) is 0.0145. The number of anilines is 6. The van der Waals surface area contributed by atoms with Gasteiger partial charge in [-0.2, -0.15) is 0 Å². The number of fused-ring (bicyclic) bond motifs is 13. The first-order valence-corrected chi connectivity index (χ1v) is 48.9. The highest BCUT2D eigenvalue weighted by molar-refractivity contribution is 6.08. The lowest BCUT2D eigenvalue weighted by Gasteiger charge is -2.34. The van der Waals surface area contributed by atoms with Gasteiger partial charge in [0, 0.05) is 55.7 Å². The Balaban J connectivity index is 0.000000146. The number of rotatable bonds is 18. The van der Waals surface area contributed by atoms with E-state index in [2.05, 4.69) is 544 Å². The van der Waals surface area contributed by atoms with Crippen LogP contribution in [0.1, 0.15) is 44.5 Å². The van der Waals surface area contributed by atoms with Crippen molar-refractivity contribution in [1.29, 1.82) is 0 Å². The SMILES string of the molecule is c1ccc(-c2ccc(-c3ccc(N(c4cccc(-c5ccc6c(c5)oc5ccccc56)c4)c4cccc(-c5cccc6c5-c5ccccc5C6(c5ccccc5)c5ccccc5)c4)cc3)cc2)cc1.c1ccc(C2(c3ccccc3)c3ccccc3-c3c(-c4ccc(N(c5ccc(-c6ccc(-c7ccc8ccccc8c7)cc6)cc5)c5cccc(-c6ccc7c(c6)oc6ccccc67)c5)cc4)cccc32)cc1. The van der Waals surface area contributed by atoms with E-state index in [1.807, 2.05) is 24.3 Å². The maximum absolute atomic E-state index is 6.37. The molecule has 0 saturated carbocycles. The summed E-state index contributed by atoms with van der Waals surface area (Å²) in [4.78, 5) is 4.77. The number of nitrogens with zero attached hydrogens (tertiary/aromatic N) is 2. The highest BCUT2D eigenvalue weighted by Crippen LogP contribution is 2.61. The van der Waals surface area contributed by atoms with Crippen LogP contribution >= 0.6 is 0 Å². The molecule has 2 aromatic heterocycles. The summed E-state index contributed by atoms with van der Waals surface area (Å²) in [6.07, 6.45) is 0. The monoisotopic (exact) mass is 1810 g/mol. The van der Waals surface area contributed by atoms with Gasteiger partial charge in [0.2, 0.25) is 0 Å². The zero-order valence-corrected chi connectivity index (χ0v) is 77.8. The fourth-order valence-corrected chi connectivity index (χ4v) is 22.7. The van der Waals surface area contributed by atoms with Crippen LogP contribution in [0.25, 0.3) is 166 Å². The Bertz CT molecular complexity index is 8960. The summed E-state index contributed by atoms with van der Waals surface area (Å²) in [7, 11) is 0. The van der Waals surface area contributed by atoms with E-state index in [-0.39, 0.29) is 0 Å². The molecule has 0 amide bonds. The molecule has 2 aliphatic carbocycles. The minimum absolute atomic E-state index is 0.466. The molecule has 23 aromatic carbocycles. The number of hydrogen-bond acceptors (Lipinski definition) is 4. The van der Waals surface area contributed by atoms with E-state index in [0.29, 0.717) is 0 Å². The molecule has 0 spiro atoms. The maximum Gasteiger partial charge on any atom is 0.136 e. The molecule has 142 heavy (non-hydrogen) atoms. The van der Waals surface area contributed by atoms with Crippen LogP contribution in [0.3, 0.4) is 0 Å². The molecule has 0 radical (unpaired) electrons. The summed E-state index contributed by atoms with van der Waals surface area (Å²) in [6.45, 7) is 0. The molecule has 0 atom stereocenters. The Morgan fingerprint density at radius 2 is 0.408 bits per heavy atom. The summed E-state index contributed by atoms with van der Waals surface area (Å²) in [6, 6.07) is 203. The lowest BCUT2D eigenvalue weighted by molar-refractivity contribution is 0.668.